The van der Waals surface area contributed by atoms with E-state index in [1.807, 2.05) is 52.0 Å². The number of hydrogen-bond donors (Lipinski definition) is 2. The van der Waals surface area contributed by atoms with Crippen LogP contribution in [0.25, 0.3) is 34.4 Å². The number of morpholine rings is 2. The van der Waals surface area contributed by atoms with Crippen molar-refractivity contribution in [3.8, 4) is 22.3 Å². The van der Waals surface area contributed by atoms with E-state index in [0.29, 0.717) is 101 Å². The van der Waals surface area contributed by atoms with Crippen molar-refractivity contribution in [3.05, 3.63) is 127 Å². The SMILES string of the molecule is CC(C)c1ccccc1-c1c(C=CC(=O)N2CCNC(C(=O)N3CCOCC3)C2)ccc(Sc2ccc(C=CC(=O)N3CCNC(C(=O)N4CCOCC4)C3)c(-c3ccccc3C(C)C)c2[N+](=O)[O-])c1[N+](=O)[O-]. The second kappa shape index (κ2) is 23.8. The maximum absolute atomic E-state index is 13.9. The smallest absolute Gasteiger partial charge is 0.291 e. The van der Waals surface area contributed by atoms with Crippen molar-refractivity contribution >= 4 is 58.9 Å². The molecule has 0 saturated carbocycles. The predicted molar refractivity (Wildman–Crippen MR) is 279 cm³/mol. The van der Waals surface area contributed by atoms with Gasteiger partial charge in [-0.3, -0.25) is 39.4 Å². The minimum absolute atomic E-state index is 0.0601. The minimum atomic E-state index is -0.588. The fourth-order valence-electron chi connectivity index (χ4n) is 9.89. The number of ether oxygens (including phenoxy) is 2. The number of nitrogens with one attached hydrogen (secondary N) is 2. The van der Waals surface area contributed by atoms with Gasteiger partial charge in [-0.2, -0.15) is 0 Å². The average molecular weight is 1020 g/mol. The molecule has 4 aliphatic heterocycles. The molecule has 4 fully saturated rings. The van der Waals surface area contributed by atoms with E-state index in [0.717, 1.165) is 22.9 Å². The van der Waals surface area contributed by atoms with Gasteiger partial charge in [0.25, 0.3) is 11.4 Å². The topological polar surface area (TPSA) is 210 Å². The first-order valence-corrected chi connectivity index (χ1v) is 25.7. The second-order valence-corrected chi connectivity index (χ2v) is 20.1. The summed E-state index contributed by atoms with van der Waals surface area (Å²) in [5, 5.41) is 33.6. The summed E-state index contributed by atoms with van der Waals surface area (Å²) in [5.41, 5.74) is 3.49. The van der Waals surface area contributed by atoms with Crippen LogP contribution in [-0.4, -0.2) is 157 Å². The van der Waals surface area contributed by atoms with Crippen molar-refractivity contribution in [1.82, 2.24) is 30.2 Å². The van der Waals surface area contributed by atoms with Gasteiger partial charge in [0.05, 0.1) is 57.2 Å². The van der Waals surface area contributed by atoms with E-state index in [1.54, 1.807) is 80.3 Å². The minimum Gasteiger partial charge on any atom is -0.378 e. The third-order valence-electron chi connectivity index (χ3n) is 13.7. The molecule has 0 radical (unpaired) electrons. The summed E-state index contributed by atoms with van der Waals surface area (Å²) in [6.07, 6.45) is 5.87. The Morgan fingerprint density at radius 1 is 0.575 bits per heavy atom. The third-order valence-corrected chi connectivity index (χ3v) is 14.8. The Labute approximate surface area is 429 Å². The second-order valence-electron chi connectivity index (χ2n) is 19.0. The lowest BCUT2D eigenvalue weighted by molar-refractivity contribution is -0.387. The first kappa shape index (κ1) is 52.5. The molecule has 2 unspecified atom stereocenters. The molecule has 4 amide bonds. The van der Waals surface area contributed by atoms with Crippen LogP contribution >= 0.6 is 11.8 Å². The van der Waals surface area contributed by atoms with Crippen LogP contribution in [0.1, 0.15) is 61.8 Å². The number of piperazine rings is 2. The quantitative estimate of drug-likeness (QED) is 0.0778. The molecule has 4 aromatic carbocycles. The van der Waals surface area contributed by atoms with E-state index in [4.69, 9.17) is 9.47 Å². The Balaban J connectivity index is 1.17. The lowest BCUT2D eigenvalue weighted by Crippen LogP contribution is -2.59. The number of hydrogen-bond acceptors (Lipinski definition) is 13. The van der Waals surface area contributed by atoms with E-state index >= 15 is 0 Å². The Hall–Kier alpha value is -6.77. The number of nitrogens with zero attached hydrogens (tertiary/aromatic N) is 6. The molecule has 384 valence electrons. The van der Waals surface area contributed by atoms with E-state index < -0.39 is 21.9 Å². The average Bonchev–Trinajstić information content (AvgIpc) is 3.41. The van der Waals surface area contributed by atoms with Gasteiger partial charge in [0.2, 0.25) is 23.6 Å². The fourth-order valence-corrected chi connectivity index (χ4v) is 10.9. The molecule has 4 heterocycles. The number of nitro benzene ring substituents is 2. The van der Waals surface area contributed by atoms with E-state index in [2.05, 4.69) is 10.6 Å². The first-order chi connectivity index (χ1) is 35.2. The number of benzene rings is 4. The zero-order valence-electron chi connectivity index (χ0n) is 41.6. The Morgan fingerprint density at radius 3 is 1.33 bits per heavy atom. The fraction of sp³-hybridized carbons (Fsp3) is 0.407. The van der Waals surface area contributed by atoms with E-state index in [-0.39, 0.29) is 80.8 Å². The van der Waals surface area contributed by atoms with Gasteiger partial charge in [-0.1, -0.05) is 100 Å². The zero-order chi connectivity index (χ0) is 51.8. The monoisotopic (exact) mass is 1010 g/mol. The molecule has 4 saturated heterocycles. The van der Waals surface area contributed by atoms with E-state index in [9.17, 15) is 39.4 Å². The summed E-state index contributed by atoms with van der Waals surface area (Å²) in [6.45, 7) is 13.5. The van der Waals surface area contributed by atoms with Crippen molar-refractivity contribution in [2.75, 3.05) is 91.9 Å². The Bertz CT molecular complexity index is 2620. The number of carbonyl (C=O) groups excluding carboxylic acids is 4. The molecule has 0 aromatic heterocycles. The van der Waals surface area contributed by atoms with Crippen LogP contribution in [0.4, 0.5) is 11.4 Å². The molecule has 4 aromatic rings. The third kappa shape index (κ3) is 12.0. The lowest BCUT2D eigenvalue weighted by atomic mass is 9.89. The highest BCUT2D eigenvalue weighted by Crippen LogP contribution is 2.50. The summed E-state index contributed by atoms with van der Waals surface area (Å²) in [4.78, 5) is 87.6. The van der Waals surface area contributed by atoms with Crippen LogP contribution in [0.3, 0.4) is 0 Å². The molecule has 73 heavy (non-hydrogen) atoms. The molecular formula is C54H62N8O10S. The van der Waals surface area contributed by atoms with Crippen LogP contribution < -0.4 is 10.6 Å². The summed E-state index contributed by atoms with van der Waals surface area (Å²) in [6, 6.07) is 20.0. The zero-order valence-corrected chi connectivity index (χ0v) is 42.4. The highest BCUT2D eigenvalue weighted by atomic mass is 32.2. The van der Waals surface area contributed by atoms with Gasteiger partial charge >= 0.3 is 0 Å². The van der Waals surface area contributed by atoms with Crippen LogP contribution in [0.5, 0.6) is 0 Å². The molecule has 0 spiro atoms. The largest absolute Gasteiger partial charge is 0.378 e. The normalized spacial score (nSPS) is 18.8. The number of rotatable bonds is 14. The highest BCUT2D eigenvalue weighted by molar-refractivity contribution is 7.99. The summed E-state index contributed by atoms with van der Waals surface area (Å²) < 4.78 is 10.8. The van der Waals surface area contributed by atoms with Crippen molar-refractivity contribution in [3.63, 3.8) is 0 Å². The maximum atomic E-state index is 13.9. The molecule has 19 heteroatoms. The molecule has 0 bridgehead atoms. The molecule has 8 rings (SSSR count). The predicted octanol–water partition coefficient (Wildman–Crippen LogP) is 6.58. The summed E-state index contributed by atoms with van der Waals surface area (Å²) in [5.74, 6) is -1.04. The van der Waals surface area contributed by atoms with Crippen LogP contribution in [-0.2, 0) is 28.7 Å². The molecular weight excluding hydrogens is 953 g/mol. The van der Waals surface area contributed by atoms with Crippen molar-refractivity contribution in [1.29, 1.82) is 0 Å². The van der Waals surface area contributed by atoms with Crippen LogP contribution in [0.15, 0.2) is 94.7 Å². The van der Waals surface area contributed by atoms with Crippen molar-refractivity contribution < 1.29 is 38.5 Å². The Morgan fingerprint density at radius 2 is 0.959 bits per heavy atom. The van der Waals surface area contributed by atoms with Crippen LogP contribution in [0.2, 0.25) is 0 Å². The number of carbonyl (C=O) groups is 4. The molecule has 2 atom stereocenters. The molecule has 4 aliphatic rings. The van der Waals surface area contributed by atoms with E-state index in [1.165, 1.54) is 12.2 Å². The van der Waals surface area contributed by atoms with Gasteiger partial charge in [0.15, 0.2) is 0 Å². The van der Waals surface area contributed by atoms with Gasteiger partial charge in [0.1, 0.15) is 12.1 Å². The molecule has 2 N–H and O–H groups in total. The summed E-state index contributed by atoms with van der Waals surface area (Å²) >= 11 is 0.901. The lowest BCUT2D eigenvalue weighted by Gasteiger charge is -2.36. The standard InChI is InChI=1S/C54H62N8O10S/c1-35(2)39-9-5-7-11-41(39)49-37(15-19-47(63)59-23-21-55-43(33-59)53(65)57-25-29-71-30-26-57)13-17-45(51(49)61(67)68)73-46-18-14-38(50(52(46)62(69)70)42-12-8-6-10-40(42)36(3)4)16-20-48(64)60-24-22-56-44(34-60)54(66)58-27-31-72-32-28-58/h5-20,35-36,43-44,55-56H,21-34H2,1-4H3. The van der Waals surface area contributed by atoms with Crippen molar-refractivity contribution in [2.24, 2.45) is 0 Å². The van der Waals surface area contributed by atoms with Crippen molar-refractivity contribution in [2.45, 2.75) is 61.4 Å². The first-order valence-electron chi connectivity index (χ1n) is 24.8. The van der Waals surface area contributed by atoms with Gasteiger partial charge in [-0.15, -0.1) is 0 Å². The van der Waals surface area contributed by atoms with Gasteiger partial charge in [-0.05, 0) is 69.5 Å². The van der Waals surface area contributed by atoms with Gasteiger partial charge in [-0.25, -0.2) is 0 Å². The number of nitro groups is 2. The van der Waals surface area contributed by atoms with Gasteiger partial charge in [0, 0.05) is 77.6 Å². The van der Waals surface area contributed by atoms with Crippen LogP contribution in [0, 0.1) is 20.2 Å². The number of amides is 4. The molecule has 0 aliphatic carbocycles. The highest BCUT2D eigenvalue weighted by Gasteiger charge is 2.35. The van der Waals surface area contributed by atoms with Gasteiger partial charge < -0.3 is 39.7 Å². The Kier molecular flexibility index (Phi) is 17.2. The maximum Gasteiger partial charge on any atom is 0.291 e. The molecule has 18 nitrogen and oxygen atoms in total. The summed E-state index contributed by atoms with van der Waals surface area (Å²) in [7, 11) is 0.